The van der Waals surface area contributed by atoms with E-state index in [2.05, 4.69) is 21.3 Å². The van der Waals surface area contributed by atoms with Gasteiger partial charge in [-0.05, 0) is 48.1 Å². The second-order valence-corrected chi connectivity index (χ2v) is 12.7. The van der Waals surface area contributed by atoms with Gasteiger partial charge < -0.3 is 15.2 Å². The average Bonchev–Trinajstić information content (AvgIpc) is 3.28. The molecule has 0 unspecified atom stereocenters. The number of aromatic nitrogens is 1. The van der Waals surface area contributed by atoms with Crippen molar-refractivity contribution >= 4 is 15.9 Å². The van der Waals surface area contributed by atoms with Gasteiger partial charge in [-0.15, -0.1) is 0 Å². The van der Waals surface area contributed by atoms with Crippen LogP contribution in [0.2, 0.25) is 0 Å². The predicted octanol–water partition coefficient (Wildman–Crippen LogP) is 2.26. The van der Waals surface area contributed by atoms with Crippen molar-refractivity contribution in [2.24, 2.45) is 0 Å². The lowest BCUT2D eigenvalue weighted by molar-refractivity contribution is -0.127. The Kier molecular flexibility index (Phi) is 7.28. The minimum atomic E-state index is -4.06. The topological polar surface area (TPSA) is 112 Å². The molecule has 10 heteroatoms. The van der Waals surface area contributed by atoms with Crippen LogP contribution in [0.1, 0.15) is 56.6 Å². The molecule has 0 aliphatic carbocycles. The molecule has 1 aromatic carbocycles. The number of aliphatic hydroxyl groups is 1. The Morgan fingerprint density at radius 2 is 2.00 bits per heavy atom. The lowest BCUT2D eigenvalue weighted by Crippen LogP contribution is -2.59. The molecule has 200 valence electrons. The summed E-state index contributed by atoms with van der Waals surface area (Å²) in [5, 5.41) is 13.6. The minimum Gasteiger partial charge on any atom is -0.492 e. The Labute approximate surface area is 218 Å². The first-order valence-corrected chi connectivity index (χ1v) is 14.5. The van der Waals surface area contributed by atoms with Crippen molar-refractivity contribution in [3.05, 3.63) is 53.9 Å². The van der Waals surface area contributed by atoms with E-state index in [0.29, 0.717) is 18.8 Å². The number of amides is 1. The molecule has 2 atom stereocenters. The van der Waals surface area contributed by atoms with E-state index in [1.54, 1.807) is 24.4 Å². The summed E-state index contributed by atoms with van der Waals surface area (Å²) in [6, 6.07) is 8.20. The highest BCUT2D eigenvalue weighted by molar-refractivity contribution is 7.89. The van der Waals surface area contributed by atoms with E-state index in [1.165, 1.54) is 0 Å². The van der Waals surface area contributed by atoms with E-state index in [1.807, 2.05) is 26.1 Å². The quantitative estimate of drug-likeness (QED) is 0.629. The van der Waals surface area contributed by atoms with Gasteiger partial charge in [-0.1, -0.05) is 26.0 Å². The van der Waals surface area contributed by atoms with Gasteiger partial charge in [0.05, 0.1) is 12.7 Å². The molecule has 1 amide bonds. The molecule has 0 bridgehead atoms. The summed E-state index contributed by atoms with van der Waals surface area (Å²) in [6.45, 7) is 6.64. The number of nitrogens with one attached hydrogen (secondary N) is 1. The van der Waals surface area contributed by atoms with Gasteiger partial charge in [-0.25, -0.2) is 8.42 Å². The number of likely N-dealkylation sites (tertiary alicyclic amines) is 1. The first kappa shape index (κ1) is 26.1. The number of carbonyl (C=O) groups is 1. The molecule has 2 aromatic rings. The fraction of sp³-hybridized carbons (Fsp3) is 0.556. The number of ether oxygens (including phenoxy) is 1. The number of sulfonamides is 1. The van der Waals surface area contributed by atoms with Crippen LogP contribution in [0, 0.1) is 0 Å². The molecule has 9 nitrogen and oxygen atoms in total. The SMILES string of the molecule is CC(C)c1ccc2c(c1)OCCC1(CCN(Cc3cccnc3)CC1)NC(=O)[C@@H]1C[C@@H](O)CN1S2(=O)=O. The van der Waals surface area contributed by atoms with Crippen LogP contribution in [0.25, 0.3) is 0 Å². The van der Waals surface area contributed by atoms with Crippen molar-refractivity contribution in [1.29, 1.82) is 0 Å². The number of carbonyl (C=O) groups excluding carboxylic acids is 1. The van der Waals surface area contributed by atoms with E-state index >= 15 is 0 Å². The highest BCUT2D eigenvalue weighted by atomic mass is 32.2. The second-order valence-electron chi connectivity index (χ2n) is 10.8. The molecule has 37 heavy (non-hydrogen) atoms. The first-order chi connectivity index (χ1) is 17.7. The zero-order valence-corrected chi connectivity index (χ0v) is 22.3. The normalized spacial score (nSPS) is 26.1. The number of piperidine rings is 1. The summed E-state index contributed by atoms with van der Waals surface area (Å²) in [7, 11) is -4.06. The maximum Gasteiger partial charge on any atom is 0.247 e. The molecule has 1 spiro atoms. The summed E-state index contributed by atoms with van der Waals surface area (Å²) < 4.78 is 34.8. The summed E-state index contributed by atoms with van der Waals surface area (Å²) in [5.74, 6) is 0.169. The molecule has 4 heterocycles. The highest BCUT2D eigenvalue weighted by Gasteiger charge is 2.47. The number of fused-ring (bicyclic) bond motifs is 2. The molecule has 3 aliphatic rings. The lowest BCUT2D eigenvalue weighted by atomic mass is 9.84. The summed E-state index contributed by atoms with van der Waals surface area (Å²) in [4.78, 5) is 20.2. The molecule has 0 saturated carbocycles. The Morgan fingerprint density at radius 1 is 1.22 bits per heavy atom. The maximum absolute atomic E-state index is 13.7. The number of pyridine rings is 1. The summed E-state index contributed by atoms with van der Waals surface area (Å²) in [5.41, 5.74) is 1.62. The van der Waals surface area contributed by atoms with Crippen LogP contribution in [-0.4, -0.2) is 77.5 Å². The van der Waals surface area contributed by atoms with Crippen LogP contribution in [0.3, 0.4) is 0 Å². The highest BCUT2D eigenvalue weighted by Crippen LogP contribution is 2.36. The molecule has 5 rings (SSSR count). The van der Waals surface area contributed by atoms with Gasteiger partial charge in [0, 0.05) is 57.0 Å². The third-order valence-electron chi connectivity index (χ3n) is 7.93. The fourth-order valence-corrected chi connectivity index (χ4v) is 7.40. The average molecular weight is 529 g/mol. The molecule has 3 aliphatic heterocycles. The van der Waals surface area contributed by atoms with E-state index in [0.717, 1.165) is 47.9 Å². The number of benzene rings is 1. The van der Waals surface area contributed by atoms with Crippen LogP contribution >= 0.6 is 0 Å². The van der Waals surface area contributed by atoms with Crippen LogP contribution in [-0.2, 0) is 21.4 Å². The van der Waals surface area contributed by atoms with Crippen LogP contribution in [0.5, 0.6) is 5.75 Å². The van der Waals surface area contributed by atoms with E-state index < -0.39 is 27.7 Å². The van der Waals surface area contributed by atoms with Gasteiger partial charge in [0.15, 0.2) is 0 Å². The van der Waals surface area contributed by atoms with E-state index in [9.17, 15) is 18.3 Å². The van der Waals surface area contributed by atoms with Gasteiger partial charge in [0.25, 0.3) is 0 Å². The monoisotopic (exact) mass is 528 g/mol. The third kappa shape index (κ3) is 5.38. The molecule has 0 radical (unpaired) electrons. The zero-order chi connectivity index (χ0) is 26.2. The van der Waals surface area contributed by atoms with Crippen molar-refractivity contribution in [2.75, 3.05) is 26.2 Å². The Bertz CT molecular complexity index is 1230. The van der Waals surface area contributed by atoms with E-state index in [-0.39, 0.29) is 29.7 Å². The standard InChI is InChI=1S/C27H36N4O5S/c1-19(2)21-5-6-25-24(14-21)36-13-9-27(7-11-30(12-8-27)17-20-4-3-10-28-16-20)29-26(33)23-15-22(32)18-31(23)37(25,34)35/h3-6,10,14,16,19,22-23,32H,7-9,11-13,15,17-18H2,1-2H3,(H,29,33)/t22-,23+/m1/s1. The van der Waals surface area contributed by atoms with Crippen molar-refractivity contribution in [2.45, 2.75) is 74.6 Å². The van der Waals surface area contributed by atoms with Crippen molar-refractivity contribution < 1.29 is 23.1 Å². The molecule has 2 N–H and O–H groups in total. The van der Waals surface area contributed by atoms with Gasteiger partial charge in [-0.3, -0.25) is 14.7 Å². The van der Waals surface area contributed by atoms with Gasteiger partial charge in [-0.2, -0.15) is 4.31 Å². The molecule has 2 fully saturated rings. The third-order valence-corrected chi connectivity index (χ3v) is 9.84. The smallest absolute Gasteiger partial charge is 0.247 e. The predicted molar refractivity (Wildman–Crippen MR) is 139 cm³/mol. The van der Waals surface area contributed by atoms with Crippen molar-refractivity contribution in [3.8, 4) is 5.75 Å². The first-order valence-electron chi connectivity index (χ1n) is 13.1. The van der Waals surface area contributed by atoms with Gasteiger partial charge in [0.1, 0.15) is 16.7 Å². The van der Waals surface area contributed by atoms with Crippen LogP contribution in [0.15, 0.2) is 47.6 Å². The number of hydrogen-bond acceptors (Lipinski definition) is 7. The number of aliphatic hydroxyl groups excluding tert-OH is 1. The van der Waals surface area contributed by atoms with Crippen molar-refractivity contribution in [3.63, 3.8) is 0 Å². The molecule has 1 aromatic heterocycles. The Balaban J connectivity index is 1.43. The largest absolute Gasteiger partial charge is 0.492 e. The Morgan fingerprint density at radius 3 is 2.70 bits per heavy atom. The molecular weight excluding hydrogens is 492 g/mol. The second kappa shape index (κ2) is 10.3. The maximum atomic E-state index is 13.7. The van der Waals surface area contributed by atoms with Gasteiger partial charge >= 0.3 is 0 Å². The lowest BCUT2D eigenvalue weighted by Gasteiger charge is -2.43. The van der Waals surface area contributed by atoms with Crippen molar-refractivity contribution in [1.82, 2.24) is 19.5 Å². The van der Waals surface area contributed by atoms with Crippen LogP contribution in [0.4, 0.5) is 0 Å². The summed E-state index contributed by atoms with van der Waals surface area (Å²) in [6.07, 6.45) is 4.83. The Hall–Kier alpha value is -2.53. The number of nitrogens with zero attached hydrogens (tertiary/aromatic N) is 3. The fourth-order valence-electron chi connectivity index (χ4n) is 5.65. The van der Waals surface area contributed by atoms with Crippen LogP contribution < -0.4 is 10.1 Å². The zero-order valence-electron chi connectivity index (χ0n) is 21.5. The number of hydrogen-bond donors (Lipinski definition) is 2. The minimum absolute atomic E-state index is 0.0473. The van der Waals surface area contributed by atoms with E-state index in [4.69, 9.17) is 4.74 Å². The molecular formula is C27H36N4O5S. The summed E-state index contributed by atoms with van der Waals surface area (Å²) >= 11 is 0. The number of rotatable bonds is 3. The molecule has 2 saturated heterocycles. The van der Waals surface area contributed by atoms with Gasteiger partial charge in [0.2, 0.25) is 15.9 Å².